The first-order valence-electron chi connectivity index (χ1n) is 10.00. The van der Waals surface area contributed by atoms with E-state index >= 15 is 0 Å². The summed E-state index contributed by atoms with van der Waals surface area (Å²) in [4.78, 5) is 17.3. The number of benzene rings is 2. The molecule has 0 radical (unpaired) electrons. The van der Waals surface area contributed by atoms with E-state index in [0.717, 1.165) is 48.7 Å². The molecule has 0 spiro atoms. The van der Waals surface area contributed by atoms with Crippen LogP contribution >= 0.6 is 0 Å². The van der Waals surface area contributed by atoms with Gasteiger partial charge in [-0.3, -0.25) is 9.69 Å². The fourth-order valence-corrected chi connectivity index (χ4v) is 3.99. The number of fused-ring (bicyclic) bond motifs is 1. The van der Waals surface area contributed by atoms with Crippen molar-refractivity contribution in [3.05, 3.63) is 59.8 Å². The van der Waals surface area contributed by atoms with Crippen LogP contribution in [0.1, 0.15) is 25.0 Å². The summed E-state index contributed by atoms with van der Waals surface area (Å²) in [6, 6.07) is 15.0. The van der Waals surface area contributed by atoms with Crippen molar-refractivity contribution in [1.82, 2.24) is 4.90 Å². The molecule has 2 N–H and O–H groups in total. The molecule has 146 valence electrons. The summed E-state index contributed by atoms with van der Waals surface area (Å²) in [7, 11) is 0. The van der Waals surface area contributed by atoms with Crippen molar-refractivity contribution >= 4 is 28.5 Å². The highest BCUT2D eigenvalue weighted by Crippen LogP contribution is 2.34. The van der Waals surface area contributed by atoms with Gasteiger partial charge in [-0.05, 0) is 56.7 Å². The molecule has 1 amide bonds. The van der Waals surface area contributed by atoms with E-state index in [1.807, 2.05) is 31.3 Å². The van der Waals surface area contributed by atoms with Crippen LogP contribution in [0.2, 0.25) is 0 Å². The third kappa shape index (κ3) is 3.62. The molecule has 2 aromatic rings. The summed E-state index contributed by atoms with van der Waals surface area (Å²) in [6.07, 6.45) is 1.81. The van der Waals surface area contributed by atoms with Crippen molar-refractivity contribution in [3.8, 4) is 0 Å². The van der Waals surface area contributed by atoms with Gasteiger partial charge in [0.2, 0.25) is 0 Å². The van der Waals surface area contributed by atoms with Gasteiger partial charge in [0.25, 0.3) is 5.91 Å². The molecule has 0 unspecified atom stereocenters. The van der Waals surface area contributed by atoms with Crippen LogP contribution in [0.4, 0.5) is 17.1 Å². The van der Waals surface area contributed by atoms with Crippen molar-refractivity contribution in [1.29, 1.82) is 0 Å². The molecule has 2 heterocycles. The molecule has 1 fully saturated rings. The molecule has 2 aromatic carbocycles. The number of nitrogens with zero attached hydrogens (tertiary/aromatic N) is 2. The van der Waals surface area contributed by atoms with Gasteiger partial charge in [0.15, 0.2) is 0 Å². The van der Waals surface area contributed by atoms with Crippen LogP contribution in [0.3, 0.4) is 0 Å². The third-order valence-electron chi connectivity index (χ3n) is 5.70. The molecular weight excluding hydrogens is 348 g/mol. The van der Waals surface area contributed by atoms with E-state index < -0.39 is 0 Å². The van der Waals surface area contributed by atoms with Gasteiger partial charge in [-0.15, -0.1) is 0 Å². The number of nitrogens with one attached hydrogen (secondary N) is 2. The summed E-state index contributed by atoms with van der Waals surface area (Å²) >= 11 is 0. The number of amides is 1. The van der Waals surface area contributed by atoms with Crippen molar-refractivity contribution in [2.45, 2.75) is 26.8 Å². The van der Waals surface area contributed by atoms with Gasteiger partial charge in [-0.25, -0.2) is 0 Å². The van der Waals surface area contributed by atoms with Crippen LogP contribution in [0.5, 0.6) is 0 Å². The normalized spacial score (nSPS) is 18.5. The van der Waals surface area contributed by atoms with Crippen molar-refractivity contribution in [2.75, 3.05) is 41.7 Å². The monoisotopic (exact) mass is 376 g/mol. The molecule has 2 aliphatic heterocycles. The van der Waals surface area contributed by atoms with E-state index in [2.05, 4.69) is 58.5 Å². The molecule has 0 aromatic heterocycles. The average Bonchev–Trinajstić information content (AvgIpc) is 3.03. The Morgan fingerprint density at radius 1 is 1.04 bits per heavy atom. The van der Waals surface area contributed by atoms with Gasteiger partial charge in [0, 0.05) is 61.0 Å². The number of aryl methyl sites for hydroxylation is 1. The molecule has 0 bridgehead atoms. The van der Waals surface area contributed by atoms with Crippen LogP contribution in [-0.4, -0.2) is 43.0 Å². The maximum Gasteiger partial charge on any atom is 0.257 e. The summed E-state index contributed by atoms with van der Waals surface area (Å²) < 4.78 is 0. The minimum atomic E-state index is -0.0588. The van der Waals surface area contributed by atoms with Gasteiger partial charge < -0.3 is 15.5 Å². The van der Waals surface area contributed by atoms with E-state index in [4.69, 9.17) is 0 Å². The molecule has 5 heteroatoms. The fourth-order valence-electron chi connectivity index (χ4n) is 3.99. The Morgan fingerprint density at radius 3 is 2.43 bits per heavy atom. The van der Waals surface area contributed by atoms with E-state index in [-0.39, 0.29) is 5.91 Å². The van der Waals surface area contributed by atoms with Crippen molar-refractivity contribution in [3.63, 3.8) is 0 Å². The topological polar surface area (TPSA) is 47.6 Å². The zero-order chi connectivity index (χ0) is 19.7. The molecule has 1 saturated heterocycles. The predicted octanol–water partition coefficient (Wildman–Crippen LogP) is 3.93. The van der Waals surface area contributed by atoms with Gasteiger partial charge in [0.05, 0.1) is 5.57 Å². The lowest BCUT2D eigenvalue weighted by Gasteiger charge is -2.38. The minimum absolute atomic E-state index is 0.0588. The van der Waals surface area contributed by atoms with Crippen LogP contribution in [0.25, 0.3) is 5.57 Å². The van der Waals surface area contributed by atoms with Gasteiger partial charge in [-0.1, -0.05) is 12.1 Å². The zero-order valence-electron chi connectivity index (χ0n) is 16.8. The highest BCUT2D eigenvalue weighted by atomic mass is 16.2. The fraction of sp³-hybridized carbons (Fsp3) is 0.348. The number of hydrogen-bond acceptors (Lipinski definition) is 4. The lowest BCUT2D eigenvalue weighted by atomic mass is 10.0. The van der Waals surface area contributed by atoms with Crippen molar-refractivity contribution in [2.24, 2.45) is 0 Å². The Hall–Kier alpha value is -2.79. The first-order valence-corrected chi connectivity index (χ1v) is 10.00. The van der Waals surface area contributed by atoms with Crippen molar-refractivity contribution < 1.29 is 4.79 Å². The Balaban J connectivity index is 1.44. The Bertz CT molecular complexity index is 893. The van der Waals surface area contributed by atoms with Gasteiger partial charge >= 0.3 is 0 Å². The molecular formula is C23H28N4O. The maximum absolute atomic E-state index is 12.3. The molecule has 0 atom stereocenters. The number of piperazine rings is 1. The first-order chi connectivity index (χ1) is 13.5. The van der Waals surface area contributed by atoms with Crippen LogP contribution in [-0.2, 0) is 4.79 Å². The van der Waals surface area contributed by atoms with Crippen LogP contribution in [0.15, 0.2) is 48.7 Å². The molecule has 4 rings (SSSR count). The SMILES string of the molecule is Cc1cccc2c1C(=CNc1ccc(N3CCN(C(C)C)CC3)cc1)C(=O)N2. The summed E-state index contributed by atoms with van der Waals surface area (Å²) in [5, 5.41) is 6.22. The zero-order valence-corrected chi connectivity index (χ0v) is 16.8. The largest absolute Gasteiger partial charge is 0.369 e. The second kappa shape index (κ2) is 7.68. The smallest absolute Gasteiger partial charge is 0.257 e. The molecule has 5 nitrogen and oxygen atoms in total. The molecule has 2 aliphatic rings. The van der Waals surface area contributed by atoms with E-state index in [9.17, 15) is 4.79 Å². The van der Waals surface area contributed by atoms with Crippen LogP contribution in [0, 0.1) is 6.92 Å². The Morgan fingerprint density at radius 2 is 1.75 bits per heavy atom. The maximum atomic E-state index is 12.3. The summed E-state index contributed by atoms with van der Waals surface area (Å²) in [6.45, 7) is 10.9. The average molecular weight is 377 g/mol. The highest BCUT2D eigenvalue weighted by molar-refractivity contribution is 6.32. The van der Waals surface area contributed by atoms with Gasteiger partial charge in [0.1, 0.15) is 0 Å². The summed E-state index contributed by atoms with van der Waals surface area (Å²) in [5.74, 6) is -0.0588. The Kier molecular flexibility index (Phi) is 5.09. The Labute approximate surface area is 167 Å². The van der Waals surface area contributed by atoms with Gasteiger partial charge in [-0.2, -0.15) is 0 Å². The minimum Gasteiger partial charge on any atom is -0.369 e. The molecule has 0 aliphatic carbocycles. The predicted molar refractivity (Wildman–Crippen MR) is 117 cm³/mol. The second-order valence-electron chi connectivity index (χ2n) is 7.82. The number of anilines is 3. The second-order valence-corrected chi connectivity index (χ2v) is 7.82. The lowest BCUT2D eigenvalue weighted by molar-refractivity contribution is -0.110. The summed E-state index contributed by atoms with van der Waals surface area (Å²) in [5.41, 5.74) is 5.88. The van der Waals surface area contributed by atoms with E-state index in [1.165, 1.54) is 5.69 Å². The molecule has 28 heavy (non-hydrogen) atoms. The number of hydrogen-bond donors (Lipinski definition) is 2. The third-order valence-corrected chi connectivity index (χ3v) is 5.70. The number of carbonyl (C=O) groups is 1. The number of carbonyl (C=O) groups excluding carboxylic acids is 1. The molecule has 0 saturated carbocycles. The highest BCUT2D eigenvalue weighted by Gasteiger charge is 2.25. The first kappa shape index (κ1) is 18.6. The quantitative estimate of drug-likeness (QED) is 0.794. The standard InChI is InChI=1S/C23H28N4O/c1-16(2)26-11-13-27(14-12-26)19-9-7-18(8-10-19)24-15-20-22-17(3)5-4-6-21(22)25-23(20)28/h4-10,15-16,24H,11-14H2,1-3H3,(H,25,28). The van der Waals surface area contributed by atoms with E-state index in [0.29, 0.717) is 11.6 Å². The number of rotatable bonds is 4. The van der Waals surface area contributed by atoms with Crippen LogP contribution < -0.4 is 15.5 Å². The lowest BCUT2D eigenvalue weighted by Crippen LogP contribution is -2.48. The van der Waals surface area contributed by atoms with E-state index in [1.54, 1.807) is 0 Å².